The first kappa shape index (κ1) is 11.3. The minimum Gasteiger partial charge on any atom is -0.262 e. The first-order chi connectivity index (χ1) is 7.58. The van der Waals surface area contributed by atoms with Crippen molar-refractivity contribution >= 4 is 15.9 Å². The number of halogens is 2. The fraction of sp³-hybridized carbons (Fsp3) is 0.273. The zero-order chi connectivity index (χ0) is 11.7. The number of nitrogens with one attached hydrogen (secondary N) is 1. The van der Waals surface area contributed by atoms with Crippen LogP contribution in [0.2, 0.25) is 0 Å². The van der Waals surface area contributed by atoms with E-state index in [1.165, 1.54) is 6.07 Å². The molecular weight excluding hydrogens is 273 g/mol. The van der Waals surface area contributed by atoms with Crippen LogP contribution in [0, 0.1) is 5.82 Å². The fourth-order valence-corrected chi connectivity index (χ4v) is 1.54. The van der Waals surface area contributed by atoms with E-state index in [0.29, 0.717) is 15.9 Å². The number of hydrogen-bond donors (Lipinski definition) is 1. The number of H-pyrrole nitrogens is 1. The Morgan fingerprint density at radius 2 is 2.12 bits per heavy atom. The van der Waals surface area contributed by atoms with Crippen LogP contribution in [0.15, 0.2) is 22.7 Å². The zero-order valence-corrected chi connectivity index (χ0v) is 10.5. The second-order valence-electron chi connectivity index (χ2n) is 3.83. The zero-order valence-electron chi connectivity index (χ0n) is 8.96. The molecule has 1 N–H and O–H groups in total. The minimum atomic E-state index is -0.312. The molecule has 0 amide bonds. The molecule has 0 atom stereocenters. The van der Waals surface area contributed by atoms with E-state index < -0.39 is 0 Å². The van der Waals surface area contributed by atoms with Gasteiger partial charge in [-0.1, -0.05) is 13.8 Å². The number of aromatic amines is 1. The monoisotopic (exact) mass is 283 g/mol. The van der Waals surface area contributed by atoms with Gasteiger partial charge in [-0.15, -0.1) is 0 Å². The Hall–Kier alpha value is -1.23. The highest BCUT2D eigenvalue weighted by Crippen LogP contribution is 2.22. The van der Waals surface area contributed by atoms with Gasteiger partial charge in [-0.05, 0) is 34.1 Å². The van der Waals surface area contributed by atoms with Gasteiger partial charge in [-0.25, -0.2) is 9.37 Å². The van der Waals surface area contributed by atoms with Crippen LogP contribution in [0.1, 0.15) is 25.6 Å². The third-order valence-corrected chi connectivity index (χ3v) is 2.87. The average molecular weight is 284 g/mol. The molecule has 0 aliphatic rings. The van der Waals surface area contributed by atoms with E-state index in [-0.39, 0.29) is 11.7 Å². The molecule has 3 nitrogen and oxygen atoms in total. The van der Waals surface area contributed by atoms with E-state index in [1.807, 2.05) is 13.8 Å². The Balaban J connectivity index is 2.39. The summed E-state index contributed by atoms with van der Waals surface area (Å²) in [6, 6.07) is 4.84. The Morgan fingerprint density at radius 1 is 1.38 bits per heavy atom. The van der Waals surface area contributed by atoms with Crippen LogP contribution in [0.5, 0.6) is 0 Å². The molecular formula is C11H11BrFN3. The van der Waals surface area contributed by atoms with E-state index >= 15 is 0 Å². The Bertz CT molecular complexity index is 508. The molecule has 0 bridgehead atoms. The Morgan fingerprint density at radius 3 is 2.69 bits per heavy atom. The molecule has 0 saturated heterocycles. The van der Waals surface area contributed by atoms with Gasteiger partial charge in [-0.2, -0.15) is 5.10 Å². The summed E-state index contributed by atoms with van der Waals surface area (Å²) in [5.41, 5.74) is 0.670. The van der Waals surface area contributed by atoms with Gasteiger partial charge in [0.25, 0.3) is 0 Å². The Kier molecular flexibility index (Phi) is 3.05. The largest absolute Gasteiger partial charge is 0.262 e. The molecule has 5 heteroatoms. The highest BCUT2D eigenvalue weighted by molar-refractivity contribution is 9.10. The summed E-state index contributed by atoms with van der Waals surface area (Å²) in [6.45, 7) is 4.04. The highest BCUT2D eigenvalue weighted by Gasteiger charge is 2.10. The number of hydrogen-bond acceptors (Lipinski definition) is 2. The quantitative estimate of drug-likeness (QED) is 0.917. The summed E-state index contributed by atoms with van der Waals surface area (Å²) in [7, 11) is 0. The lowest BCUT2D eigenvalue weighted by Crippen LogP contribution is -1.89. The van der Waals surface area contributed by atoms with Crippen molar-refractivity contribution in [3.8, 4) is 11.4 Å². The maximum Gasteiger partial charge on any atom is 0.181 e. The number of benzene rings is 1. The van der Waals surface area contributed by atoms with Crippen LogP contribution in [0.4, 0.5) is 4.39 Å². The van der Waals surface area contributed by atoms with Crippen LogP contribution in [0.25, 0.3) is 11.4 Å². The van der Waals surface area contributed by atoms with Crippen LogP contribution in [-0.2, 0) is 0 Å². The van der Waals surface area contributed by atoms with E-state index in [9.17, 15) is 4.39 Å². The van der Waals surface area contributed by atoms with Crippen molar-refractivity contribution in [2.75, 3.05) is 0 Å². The third-order valence-electron chi connectivity index (χ3n) is 2.23. The first-order valence-electron chi connectivity index (χ1n) is 4.95. The van der Waals surface area contributed by atoms with Gasteiger partial charge in [-0.3, -0.25) is 5.10 Å². The van der Waals surface area contributed by atoms with Crippen LogP contribution in [-0.4, -0.2) is 15.2 Å². The van der Waals surface area contributed by atoms with E-state index in [4.69, 9.17) is 0 Å². The second kappa shape index (κ2) is 4.33. The molecule has 1 aromatic carbocycles. The van der Waals surface area contributed by atoms with Gasteiger partial charge in [0.15, 0.2) is 5.82 Å². The van der Waals surface area contributed by atoms with Crippen molar-refractivity contribution in [2.24, 2.45) is 0 Å². The van der Waals surface area contributed by atoms with Crippen molar-refractivity contribution in [2.45, 2.75) is 19.8 Å². The second-order valence-corrected chi connectivity index (χ2v) is 4.68. The molecule has 2 aromatic rings. The van der Waals surface area contributed by atoms with Crippen molar-refractivity contribution in [1.29, 1.82) is 0 Å². The van der Waals surface area contributed by atoms with Crippen molar-refractivity contribution in [3.63, 3.8) is 0 Å². The van der Waals surface area contributed by atoms with Gasteiger partial charge >= 0.3 is 0 Å². The molecule has 0 radical (unpaired) electrons. The molecule has 0 aliphatic heterocycles. The van der Waals surface area contributed by atoms with Crippen LogP contribution >= 0.6 is 15.9 Å². The number of aromatic nitrogens is 3. The SMILES string of the molecule is CC(C)c1nc(-c2ccc(Br)c(F)c2)n[nH]1. The highest BCUT2D eigenvalue weighted by atomic mass is 79.9. The van der Waals surface area contributed by atoms with Crippen molar-refractivity contribution < 1.29 is 4.39 Å². The van der Waals surface area contributed by atoms with Gasteiger partial charge < -0.3 is 0 Å². The molecule has 0 aliphatic carbocycles. The molecule has 16 heavy (non-hydrogen) atoms. The predicted octanol–water partition coefficient (Wildman–Crippen LogP) is 3.50. The lowest BCUT2D eigenvalue weighted by Gasteiger charge is -1.98. The molecule has 1 heterocycles. The normalized spacial score (nSPS) is 11.1. The fourth-order valence-electron chi connectivity index (χ4n) is 1.30. The van der Waals surface area contributed by atoms with Gasteiger partial charge in [0.1, 0.15) is 11.6 Å². The summed E-state index contributed by atoms with van der Waals surface area (Å²) >= 11 is 3.11. The molecule has 0 fully saturated rings. The summed E-state index contributed by atoms with van der Waals surface area (Å²) in [5.74, 6) is 1.29. The molecule has 2 rings (SSSR count). The molecule has 84 valence electrons. The third kappa shape index (κ3) is 2.14. The Labute approximate surface area is 101 Å². The smallest absolute Gasteiger partial charge is 0.181 e. The van der Waals surface area contributed by atoms with E-state index in [2.05, 4.69) is 31.1 Å². The number of nitrogens with zero attached hydrogens (tertiary/aromatic N) is 2. The minimum absolute atomic E-state index is 0.279. The van der Waals surface area contributed by atoms with E-state index in [1.54, 1.807) is 12.1 Å². The summed E-state index contributed by atoms with van der Waals surface area (Å²) in [6.07, 6.45) is 0. The van der Waals surface area contributed by atoms with Crippen LogP contribution in [0.3, 0.4) is 0 Å². The van der Waals surface area contributed by atoms with Gasteiger partial charge in [0.2, 0.25) is 0 Å². The average Bonchev–Trinajstić information content (AvgIpc) is 2.71. The first-order valence-corrected chi connectivity index (χ1v) is 5.75. The lowest BCUT2D eigenvalue weighted by molar-refractivity contribution is 0.621. The molecule has 0 saturated carbocycles. The summed E-state index contributed by atoms with van der Waals surface area (Å²) < 4.78 is 13.8. The number of rotatable bonds is 2. The topological polar surface area (TPSA) is 41.6 Å². The molecule has 0 spiro atoms. The lowest BCUT2D eigenvalue weighted by atomic mass is 10.2. The predicted molar refractivity (Wildman–Crippen MR) is 63.6 cm³/mol. The van der Waals surface area contributed by atoms with Crippen molar-refractivity contribution in [1.82, 2.24) is 15.2 Å². The van der Waals surface area contributed by atoms with E-state index in [0.717, 1.165) is 5.82 Å². The summed E-state index contributed by atoms with van der Waals surface area (Å²) in [5, 5.41) is 6.90. The summed E-state index contributed by atoms with van der Waals surface area (Å²) in [4.78, 5) is 4.30. The standard InChI is InChI=1S/C11H11BrFN3/c1-6(2)10-14-11(16-15-10)7-3-4-8(12)9(13)5-7/h3-6H,1-2H3,(H,14,15,16). The van der Waals surface area contributed by atoms with Gasteiger partial charge in [0.05, 0.1) is 4.47 Å². The molecule has 0 unspecified atom stereocenters. The van der Waals surface area contributed by atoms with Crippen LogP contribution < -0.4 is 0 Å². The maximum atomic E-state index is 13.3. The van der Waals surface area contributed by atoms with Crippen molar-refractivity contribution in [3.05, 3.63) is 34.3 Å². The molecule has 1 aromatic heterocycles. The van der Waals surface area contributed by atoms with Gasteiger partial charge in [0, 0.05) is 11.5 Å². The maximum absolute atomic E-state index is 13.3.